The maximum atomic E-state index is 11.4. The zero-order valence-corrected chi connectivity index (χ0v) is 10.1. The first-order valence-electron chi connectivity index (χ1n) is 5.75. The highest BCUT2D eigenvalue weighted by atomic mass is 16.2. The van der Waals surface area contributed by atoms with Gasteiger partial charge in [0.15, 0.2) is 0 Å². The van der Waals surface area contributed by atoms with Gasteiger partial charge in [-0.15, -0.1) is 0 Å². The van der Waals surface area contributed by atoms with Gasteiger partial charge in [0.2, 0.25) is 5.91 Å². The molecular weight excluding hydrogens is 216 g/mol. The van der Waals surface area contributed by atoms with Crippen LogP contribution in [0.15, 0.2) is 24.3 Å². The second kappa shape index (κ2) is 4.57. The summed E-state index contributed by atoms with van der Waals surface area (Å²) in [5.41, 5.74) is 2.23. The zero-order valence-electron chi connectivity index (χ0n) is 10.1. The van der Waals surface area contributed by atoms with Crippen molar-refractivity contribution in [3.05, 3.63) is 35.4 Å². The Morgan fingerprint density at radius 2 is 1.88 bits per heavy atom. The number of nitrogens with zero attached hydrogens (tertiary/aromatic N) is 1. The number of rotatable bonds is 3. The van der Waals surface area contributed by atoms with Crippen molar-refractivity contribution in [2.24, 2.45) is 0 Å². The van der Waals surface area contributed by atoms with Crippen LogP contribution in [0.5, 0.6) is 0 Å². The first kappa shape index (κ1) is 11.6. The number of amides is 3. The SMILES string of the molecule is CC(C)c1ccc(CN2C(=O)CNC2=O)cc1. The van der Waals surface area contributed by atoms with Gasteiger partial charge in [0, 0.05) is 0 Å². The number of imide groups is 1. The topological polar surface area (TPSA) is 49.4 Å². The molecule has 3 amide bonds. The molecule has 0 bridgehead atoms. The highest BCUT2D eigenvalue weighted by molar-refractivity contribution is 6.01. The maximum Gasteiger partial charge on any atom is 0.324 e. The fourth-order valence-electron chi connectivity index (χ4n) is 1.81. The number of carbonyl (C=O) groups excluding carboxylic acids is 2. The summed E-state index contributed by atoms with van der Waals surface area (Å²) in [5.74, 6) is 0.323. The lowest BCUT2D eigenvalue weighted by Gasteiger charge is -2.13. The molecule has 1 fully saturated rings. The summed E-state index contributed by atoms with van der Waals surface area (Å²) in [6, 6.07) is 7.71. The molecular formula is C13H16N2O2. The molecule has 1 saturated heterocycles. The predicted molar refractivity (Wildman–Crippen MR) is 64.5 cm³/mol. The molecule has 0 saturated carbocycles. The van der Waals surface area contributed by atoms with Gasteiger partial charge in [-0.05, 0) is 17.0 Å². The van der Waals surface area contributed by atoms with E-state index in [0.717, 1.165) is 5.56 Å². The van der Waals surface area contributed by atoms with Crippen LogP contribution in [-0.2, 0) is 11.3 Å². The maximum absolute atomic E-state index is 11.4. The number of nitrogens with one attached hydrogen (secondary N) is 1. The Hall–Kier alpha value is -1.84. The summed E-state index contributed by atoms with van der Waals surface area (Å²) in [7, 11) is 0. The van der Waals surface area contributed by atoms with Crippen molar-refractivity contribution in [2.45, 2.75) is 26.3 Å². The first-order valence-corrected chi connectivity index (χ1v) is 5.75. The molecule has 0 aliphatic carbocycles. The monoisotopic (exact) mass is 232 g/mol. The summed E-state index contributed by atoms with van der Waals surface area (Å²) >= 11 is 0. The van der Waals surface area contributed by atoms with E-state index in [9.17, 15) is 9.59 Å². The van der Waals surface area contributed by atoms with Gasteiger partial charge >= 0.3 is 6.03 Å². The minimum atomic E-state index is -0.303. The third-order valence-electron chi connectivity index (χ3n) is 2.92. The van der Waals surface area contributed by atoms with Gasteiger partial charge in [-0.1, -0.05) is 38.1 Å². The molecule has 1 N–H and O–H groups in total. The summed E-state index contributed by atoms with van der Waals surface area (Å²) in [6.07, 6.45) is 0. The molecule has 17 heavy (non-hydrogen) atoms. The van der Waals surface area contributed by atoms with Gasteiger partial charge < -0.3 is 5.32 Å². The molecule has 0 unspecified atom stereocenters. The second-order valence-electron chi connectivity index (χ2n) is 4.53. The van der Waals surface area contributed by atoms with Gasteiger partial charge in [0.1, 0.15) is 0 Å². The second-order valence-corrected chi connectivity index (χ2v) is 4.53. The molecule has 1 aromatic rings. The molecule has 4 nitrogen and oxygen atoms in total. The lowest BCUT2D eigenvalue weighted by atomic mass is 10.0. The molecule has 1 aliphatic rings. The van der Waals surface area contributed by atoms with Crippen molar-refractivity contribution in [3.8, 4) is 0 Å². The minimum Gasteiger partial charge on any atom is -0.329 e. The number of hydrogen-bond acceptors (Lipinski definition) is 2. The zero-order chi connectivity index (χ0) is 12.4. The van der Waals surface area contributed by atoms with Crippen LogP contribution in [0.1, 0.15) is 30.9 Å². The first-order chi connectivity index (χ1) is 8.08. The van der Waals surface area contributed by atoms with E-state index in [0.29, 0.717) is 12.5 Å². The van der Waals surface area contributed by atoms with E-state index < -0.39 is 0 Å². The Kier molecular flexibility index (Phi) is 3.13. The third kappa shape index (κ3) is 2.46. The van der Waals surface area contributed by atoms with Crippen molar-refractivity contribution in [3.63, 3.8) is 0 Å². The Morgan fingerprint density at radius 3 is 2.35 bits per heavy atom. The largest absolute Gasteiger partial charge is 0.329 e. The molecule has 1 aromatic carbocycles. The fraction of sp³-hybridized carbons (Fsp3) is 0.385. The minimum absolute atomic E-state index is 0.114. The Bertz CT molecular complexity index is 421. The molecule has 2 rings (SSSR count). The van der Waals surface area contributed by atoms with Gasteiger partial charge in [-0.2, -0.15) is 0 Å². The number of urea groups is 1. The van der Waals surface area contributed by atoms with Crippen LogP contribution in [0.3, 0.4) is 0 Å². The van der Waals surface area contributed by atoms with E-state index in [1.807, 2.05) is 24.3 Å². The molecule has 0 radical (unpaired) electrons. The van der Waals surface area contributed by atoms with Gasteiger partial charge in [-0.25, -0.2) is 4.79 Å². The van der Waals surface area contributed by atoms with Gasteiger partial charge in [0.05, 0.1) is 13.1 Å². The van der Waals surface area contributed by atoms with E-state index in [4.69, 9.17) is 0 Å². The lowest BCUT2D eigenvalue weighted by molar-refractivity contribution is -0.125. The van der Waals surface area contributed by atoms with Crippen LogP contribution in [0.2, 0.25) is 0 Å². The average Bonchev–Trinajstić information content (AvgIpc) is 2.61. The quantitative estimate of drug-likeness (QED) is 0.809. The van der Waals surface area contributed by atoms with Crippen LogP contribution in [-0.4, -0.2) is 23.4 Å². The standard InChI is InChI=1S/C13H16N2O2/c1-9(2)11-5-3-10(4-6-11)8-15-12(16)7-14-13(15)17/h3-6,9H,7-8H2,1-2H3,(H,14,17). The van der Waals surface area contributed by atoms with Crippen LogP contribution >= 0.6 is 0 Å². The van der Waals surface area contributed by atoms with Crippen LogP contribution in [0.25, 0.3) is 0 Å². The number of carbonyl (C=O) groups is 2. The summed E-state index contributed by atoms with van der Waals surface area (Å²) in [6.45, 7) is 4.73. The van der Waals surface area contributed by atoms with Crippen molar-refractivity contribution in [1.82, 2.24) is 10.2 Å². The average molecular weight is 232 g/mol. The summed E-state index contributed by atoms with van der Waals surface area (Å²) in [5, 5.41) is 2.51. The van der Waals surface area contributed by atoms with E-state index in [1.54, 1.807) is 0 Å². The smallest absolute Gasteiger partial charge is 0.324 e. The van der Waals surface area contributed by atoms with Crippen molar-refractivity contribution in [2.75, 3.05) is 6.54 Å². The van der Waals surface area contributed by atoms with E-state index >= 15 is 0 Å². The molecule has 1 aliphatic heterocycles. The lowest BCUT2D eigenvalue weighted by Crippen LogP contribution is -2.30. The highest BCUT2D eigenvalue weighted by Crippen LogP contribution is 2.16. The van der Waals surface area contributed by atoms with Crippen LogP contribution < -0.4 is 5.32 Å². The number of hydrogen-bond donors (Lipinski definition) is 1. The Morgan fingerprint density at radius 1 is 1.24 bits per heavy atom. The normalized spacial score (nSPS) is 15.6. The fourth-order valence-corrected chi connectivity index (χ4v) is 1.81. The Labute approximate surface area is 101 Å². The Balaban J connectivity index is 2.08. The molecule has 0 aromatic heterocycles. The van der Waals surface area contributed by atoms with E-state index in [2.05, 4.69) is 19.2 Å². The molecule has 1 heterocycles. The van der Waals surface area contributed by atoms with Gasteiger partial charge in [-0.3, -0.25) is 9.69 Å². The van der Waals surface area contributed by atoms with E-state index in [1.165, 1.54) is 10.5 Å². The molecule has 0 spiro atoms. The van der Waals surface area contributed by atoms with Crippen LogP contribution in [0, 0.1) is 0 Å². The van der Waals surface area contributed by atoms with Crippen LogP contribution in [0.4, 0.5) is 4.79 Å². The third-order valence-corrected chi connectivity index (χ3v) is 2.92. The van der Waals surface area contributed by atoms with Crippen molar-refractivity contribution in [1.29, 1.82) is 0 Å². The molecule has 4 heteroatoms. The molecule has 0 atom stereocenters. The van der Waals surface area contributed by atoms with Crippen molar-refractivity contribution >= 4 is 11.9 Å². The number of benzene rings is 1. The van der Waals surface area contributed by atoms with Crippen molar-refractivity contribution < 1.29 is 9.59 Å². The molecule has 90 valence electrons. The van der Waals surface area contributed by atoms with E-state index in [-0.39, 0.29) is 18.5 Å². The summed E-state index contributed by atoms with van der Waals surface area (Å²) in [4.78, 5) is 24.0. The summed E-state index contributed by atoms with van der Waals surface area (Å²) < 4.78 is 0. The highest BCUT2D eigenvalue weighted by Gasteiger charge is 2.28. The van der Waals surface area contributed by atoms with Gasteiger partial charge in [0.25, 0.3) is 0 Å². The predicted octanol–water partition coefficient (Wildman–Crippen LogP) is 1.86.